The van der Waals surface area contributed by atoms with Crippen LogP contribution in [0.1, 0.15) is 5.56 Å². The molecule has 2 aromatic rings. The molecule has 0 fully saturated rings. The lowest BCUT2D eigenvalue weighted by Gasteiger charge is -2.19. The van der Waals surface area contributed by atoms with Crippen LogP contribution < -0.4 is 5.73 Å². The van der Waals surface area contributed by atoms with Crippen LogP contribution in [0.15, 0.2) is 34.9 Å². The summed E-state index contributed by atoms with van der Waals surface area (Å²) < 4.78 is 5.50. The smallest absolute Gasteiger partial charge is 0.134 e. The molecule has 0 aliphatic heterocycles. The van der Waals surface area contributed by atoms with Gasteiger partial charge >= 0.3 is 0 Å². The minimum Gasteiger partial charge on any atom is -0.464 e. The second-order valence-corrected chi connectivity index (χ2v) is 4.66. The number of fused-ring (bicyclic) bond motifs is 1. The van der Waals surface area contributed by atoms with Gasteiger partial charge in [0.05, 0.1) is 12.4 Å². The van der Waals surface area contributed by atoms with Crippen molar-refractivity contribution in [3.8, 4) is 0 Å². The van der Waals surface area contributed by atoms with Gasteiger partial charge in [-0.1, -0.05) is 18.2 Å². The van der Waals surface area contributed by atoms with E-state index in [2.05, 4.69) is 11.0 Å². The molecule has 0 aliphatic carbocycles. The van der Waals surface area contributed by atoms with E-state index in [1.54, 1.807) is 0 Å². The molecule has 18 heavy (non-hydrogen) atoms. The lowest BCUT2D eigenvalue weighted by Crippen LogP contribution is -2.35. The van der Waals surface area contributed by atoms with Crippen LogP contribution in [-0.4, -0.2) is 42.8 Å². The zero-order chi connectivity index (χ0) is 13.0. The summed E-state index contributed by atoms with van der Waals surface area (Å²) in [6.45, 7) is 1.78. The van der Waals surface area contributed by atoms with Crippen molar-refractivity contribution in [2.75, 3.05) is 26.7 Å². The molecule has 0 radical (unpaired) electrons. The number of nitrogens with two attached hydrogens (primary N) is 1. The average Bonchev–Trinajstić information content (AvgIpc) is 2.79. The summed E-state index contributed by atoms with van der Waals surface area (Å²) in [5, 5.41) is 10.6. The van der Waals surface area contributed by atoms with E-state index >= 15 is 0 Å². The van der Waals surface area contributed by atoms with Gasteiger partial charge in [-0.2, -0.15) is 0 Å². The third-order valence-electron chi connectivity index (χ3n) is 3.12. The molecule has 0 amide bonds. The number of nitrogens with zero attached hydrogens (tertiary/aromatic N) is 1. The molecule has 3 N–H and O–H groups in total. The molecule has 0 saturated heterocycles. The number of rotatable bonds is 6. The maximum absolute atomic E-state index is 9.47. The summed E-state index contributed by atoms with van der Waals surface area (Å²) in [4.78, 5) is 2.08. The van der Waals surface area contributed by atoms with Crippen molar-refractivity contribution in [2.24, 2.45) is 5.73 Å². The Kier molecular flexibility index (Phi) is 4.36. The third kappa shape index (κ3) is 3.10. The van der Waals surface area contributed by atoms with E-state index in [0.29, 0.717) is 13.1 Å². The highest BCUT2D eigenvalue weighted by atomic mass is 16.3. The first-order valence-electron chi connectivity index (χ1n) is 6.22. The molecule has 1 aromatic heterocycles. The normalized spacial score (nSPS) is 13.3. The predicted octanol–water partition coefficient (Wildman–Crippen LogP) is 1.23. The van der Waals surface area contributed by atoms with Gasteiger partial charge in [-0.15, -0.1) is 0 Å². The van der Waals surface area contributed by atoms with Crippen molar-refractivity contribution < 1.29 is 9.52 Å². The number of aliphatic hydroxyl groups excluding tert-OH is 1. The second kappa shape index (κ2) is 6.00. The Labute approximate surface area is 107 Å². The SMILES string of the molecule is CN(CCc1coc2ccccc12)CC(O)CN. The van der Waals surface area contributed by atoms with E-state index in [9.17, 15) is 5.11 Å². The summed E-state index contributed by atoms with van der Waals surface area (Å²) in [5.41, 5.74) is 7.53. The largest absolute Gasteiger partial charge is 0.464 e. The summed E-state index contributed by atoms with van der Waals surface area (Å²) in [5.74, 6) is 0. The monoisotopic (exact) mass is 248 g/mol. The van der Waals surface area contributed by atoms with Gasteiger partial charge in [0.25, 0.3) is 0 Å². The van der Waals surface area contributed by atoms with Crippen LogP contribution in [0.3, 0.4) is 0 Å². The minimum atomic E-state index is -0.448. The van der Waals surface area contributed by atoms with Crippen molar-refractivity contribution >= 4 is 11.0 Å². The highest BCUT2D eigenvalue weighted by molar-refractivity contribution is 5.80. The van der Waals surface area contributed by atoms with Gasteiger partial charge < -0.3 is 20.2 Å². The van der Waals surface area contributed by atoms with Crippen molar-refractivity contribution in [2.45, 2.75) is 12.5 Å². The molecule has 2 rings (SSSR count). The zero-order valence-corrected chi connectivity index (χ0v) is 10.7. The Bertz CT molecular complexity index is 495. The molecule has 0 spiro atoms. The second-order valence-electron chi connectivity index (χ2n) is 4.66. The van der Waals surface area contributed by atoms with Crippen LogP contribution >= 0.6 is 0 Å². The van der Waals surface area contributed by atoms with E-state index in [4.69, 9.17) is 10.2 Å². The third-order valence-corrected chi connectivity index (χ3v) is 3.12. The Morgan fingerprint density at radius 3 is 2.94 bits per heavy atom. The van der Waals surface area contributed by atoms with Gasteiger partial charge in [0.2, 0.25) is 0 Å². The maximum Gasteiger partial charge on any atom is 0.134 e. The number of benzene rings is 1. The molecule has 4 heteroatoms. The highest BCUT2D eigenvalue weighted by Crippen LogP contribution is 2.21. The van der Waals surface area contributed by atoms with Crippen LogP contribution in [0, 0.1) is 0 Å². The minimum absolute atomic E-state index is 0.305. The number of furan rings is 1. The van der Waals surface area contributed by atoms with Crippen LogP contribution in [0.25, 0.3) is 11.0 Å². The topological polar surface area (TPSA) is 62.6 Å². The Morgan fingerprint density at radius 1 is 1.39 bits per heavy atom. The van der Waals surface area contributed by atoms with E-state index in [1.165, 1.54) is 10.9 Å². The van der Waals surface area contributed by atoms with Crippen molar-refractivity contribution in [3.05, 3.63) is 36.1 Å². The number of aliphatic hydroxyl groups is 1. The highest BCUT2D eigenvalue weighted by Gasteiger charge is 2.09. The number of para-hydroxylation sites is 1. The van der Waals surface area contributed by atoms with Gasteiger partial charge in [-0.05, 0) is 25.1 Å². The van der Waals surface area contributed by atoms with Crippen LogP contribution in [0.5, 0.6) is 0 Å². The van der Waals surface area contributed by atoms with Crippen LogP contribution in [0.4, 0.5) is 0 Å². The van der Waals surface area contributed by atoms with Crippen molar-refractivity contribution in [1.82, 2.24) is 4.90 Å². The Hall–Kier alpha value is -1.36. The van der Waals surface area contributed by atoms with E-state index in [-0.39, 0.29) is 0 Å². The lowest BCUT2D eigenvalue weighted by atomic mass is 10.1. The number of likely N-dealkylation sites (N-methyl/N-ethyl adjacent to an activating group) is 1. The maximum atomic E-state index is 9.47. The molecule has 1 atom stereocenters. The molecule has 1 aromatic carbocycles. The van der Waals surface area contributed by atoms with Crippen molar-refractivity contribution in [1.29, 1.82) is 0 Å². The summed E-state index contributed by atoms with van der Waals surface area (Å²) in [6.07, 6.45) is 2.28. The van der Waals surface area contributed by atoms with Crippen LogP contribution in [-0.2, 0) is 6.42 Å². The first kappa shape index (κ1) is 13.1. The Balaban J connectivity index is 1.94. The molecular formula is C14H20N2O2. The number of hydrogen-bond donors (Lipinski definition) is 2. The quantitative estimate of drug-likeness (QED) is 0.807. The molecule has 0 aliphatic rings. The van der Waals surface area contributed by atoms with Gasteiger partial charge in [0.15, 0.2) is 0 Å². The van der Waals surface area contributed by atoms with E-state index in [0.717, 1.165) is 18.5 Å². The average molecular weight is 248 g/mol. The van der Waals surface area contributed by atoms with Crippen molar-refractivity contribution in [3.63, 3.8) is 0 Å². The van der Waals surface area contributed by atoms with Gasteiger partial charge in [0.1, 0.15) is 5.58 Å². The first-order valence-corrected chi connectivity index (χ1v) is 6.22. The summed E-state index contributed by atoms with van der Waals surface area (Å²) in [7, 11) is 1.99. The van der Waals surface area contributed by atoms with Crippen LogP contribution in [0.2, 0.25) is 0 Å². The zero-order valence-electron chi connectivity index (χ0n) is 10.7. The Morgan fingerprint density at radius 2 is 2.17 bits per heavy atom. The standard InChI is InChI=1S/C14H20N2O2/c1-16(9-12(17)8-15)7-6-11-10-18-14-5-3-2-4-13(11)14/h2-5,10,12,17H,6-9,15H2,1H3. The number of hydrogen-bond acceptors (Lipinski definition) is 4. The first-order chi connectivity index (χ1) is 8.70. The van der Waals surface area contributed by atoms with Gasteiger partial charge in [-0.25, -0.2) is 0 Å². The molecule has 98 valence electrons. The molecule has 0 saturated carbocycles. The van der Waals surface area contributed by atoms with Gasteiger partial charge in [-0.3, -0.25) is 0 Å². The van der Waals surface area contributed by atoms with Gasteiger partial charge in [0, 0.05) is 25.0 Å². The van der Waals surface area contributed by atoms with E-state index < -0.39 is 6.10 Å². The fourth-order valence-electron chi connectivity index (χ4n) is 2.06. The molecule has 0 bridgehead atoms. The predicted molar refractivity (Wildman–Crippen MR) is 72.5 cm³/mol. The molecular weight excluding hydrogens is 228 g/mol. The molecule has 4 nitrogen and oxygen atoms in total. The fourth-order valence-corrected chi connectivity index (χ4v) is 2.06. The molecule has 1 heterocycles. The van der Waals surface area contributed by atoms with E-state index in [1.807, 2.05) is 31.5 Å². The fraction of sp³-hybridized carbons (Fsp3) is 0.429. The lowest BCUT2D eigenvalue weighted by molar-refractivity contribution is 0.133. The molecule has 1 unspecified atom stereocenters. The summed E-state index contributed by atoms with van der Waals surface area (Å²) >= 11 is 0. The summed E-state index contributed by atoms with van der Waals surface area (Å²) in [6, 6.07) is 8.03.